The molecule has 1 aromatic rings. The number of rotatable bonds is 7. The summed E-state index contributed by atoms with van der Waals surface area (Å²) in [4.78, 5) is 12.4. The zero-order valence-corrected chi connectivity index (χ0v) is 11.3. The maximum atomic E-state index is 10.4. The standard InChI is InChI=1S/C14H21NO3/c1-11-8-12(2)10-13(9-11)18-7-6-15(3)5-4-14(16)17/h8-10H,4-7H2,1-3H3,(H,16,17). The van der Waals surface area contributed by atoms with Crippen LogP contribution in [0.5, 0.6) is 5.75 Å². The summed E-state index contributed by atoms with van der Waals surface area (Å²) in [6.07, 6.45) is 0.167. The molecule has 0 aromatic heterocycles. The lowest BCUT2D eigenvalue weighted by Gasteiger charge is -2.16. The Bertz CT molecular complexity index is 384. The van der Waals surface area contributed by atoms with Crippen LogP contribution in [0.1, 0.15) is 17.5 Å². The largest absolute Gasteiger partial charge is 0.492 e. The SMILES string of the molecule is Cc1cc(C)cc(OCCN(C)CCC(=O)O)c1. The zero-order valence-electron chi connectivity index (χ0n) is 11.3. The van der Waals surface area contributed by atoms with E-state index in [2.05, 4.69) is 6.07 Å². The van der Waals surface area contributed by atoms with Crippen molar-refractivity contribution < 1.29 is 14.6 Å². The van der Waals surface area contributed by atoms with Gasteiger partial charge in [-0.05, 0) is 44.2 Å². The molecule has 0 aliphatic heterocycles. The van der Waals surface area contributed by atoms with Gasteiger partial charge >= 0.3 is 5.97 Å². The highest BCUT2D eigenvalue weighted by Crippen LogP contribution is 2.15. The summed E-state index contributed by atoms with van der Waals surface area (Å²) in [7, 11) is 1.90. The molecular formula is C14H21NO3. The van der Waals surface area contributed by atoms with Crippen LogP contribution >= 0.6 is 0 Å². The van der Waals surface area contributed by atoms with Gasteiger partial charge in [-0.15, -0.1) is 0 Å². The summed E-state index contributed by atoms with van der Waals surface area (Å²) in [5.41, 5.74) is 2.37. The molecule has 0 bridgehead atoms. The summed E-state index contributed by atoms with van der Waals surface area (Å²) in [5, 5.41) is 8.57. The molecular weight excluding hydrogens is 230 g/mol. The number of carbonyl (C=O) groups is 1. The van der Waals surface area contributed by atoms with E-state index < -0.39 is 5.97 Å². The van der Waals surface area contributed by atoms with Crippen LogP contribution in [0.2, 0.25) is 0 Å². The van der Waals surface area contributed by atoms with Gasteiger partial charge < -0.3 is 14.7 Å². The lowest BCUT2D eigenvalue weighted by molar-refractivity contribution is -0.137. The summed E-state index contributed by atoms with van der Waals surface area (Å²) in [6.45, 7) is 5.92. The molecule has 0 aliphatic carbocycles. The van der Waals surface area contributed by atoms with Crippen molar-refractivity contribution in [2.45, 2.75) is 20.3 Å². The highest BCUT2D eigenvalue weighted by Gasteiger charge is 2.03. The van der Waals surface area contributed by atoms with Crippen molar-refractivity contribution in [1.82, 2.24) is 4.90 Å². The van der Waals surface area contributed by atoms with Gasteiger partial charge in [0.25, 0.3) is 0 Å². The predicted molar refractivity (Wildman–Crippen MR) is 71.2 cm³/mol. The van der Waals surface area contributed by atoms with E-state index in [-0.39, 0.29) is 6.42 Å². The maximum absolute atomic E-state index is 10.4. The molecule has 0 unspecified atom stereocenters. The smallest absolute Gasteiger partial charge is 0.304 e. The van der Waals surface area contributed by atoms with Crippen molar-refractivity contribution in [3.8, 4) is 5.75 Å². The molecule has 0 saturated carbocycles. The van der Waals surface area contributed by atoms with Gasteiger partial charge in [-0.1, -0.05) is 6.07 Å². The van der Waals surface area contributed by atoms with Crippen LogP contribution in [-0.4, -0.2) is 42.7 Å². The summed E-state index contributed by atoms with van der Waals surface area (Å²) >= 11 is 0. The third-order valence-corrected chi connectivity index (χ3v) is 2.64. The molecule has 4 nitrogen and oxygen atoms in total. The van der Waals surface area contributed by atoms with Crippen LogP contribution in [0.3, 0.4) is 0 Å². The molecule has 0 saturated heterocycles. The first-order chi connectivity index (χ1) is 8.47. The first kappa shape index (κ1) is 14.5. The van der Waals surface area contributed by atoms with E-state index in [1.807, 2.05) is 37.9 Å². The number of hydrogen-bond acceptors (Lipinski definition) is 3. The summed E-state index contributed by atoms with van der Waals surface area (Å²) in [6, 6.07) is 6.11. The van der Waals surface area contributed by atoms with Crippen molar-refractivity contribution >= 4 is 5.97 Å². The second kappa shape index (κ2) is 7.01. The van der Waals surface area contributed by atoms with Crippen LogP contribution < -0.4 is 4.74 Å². The van der Waals surface area contributed by atoms with Gasteiger partial charge in [0, 0.05) is 13.1 Å². The zero-order chi connectivity index (χ0) is 13.5. The number of carboxylic acid groups (broad SMARTS) is 1. The van der Waals surface area contributed by atoms with E-state index in [1.165, 1.54) is 11.1 Å². The third kappa shape index (κ3) is 5.68. The van der Waals surface area contributed by atoms with Crippen LogP contribution in [0.25, 0.3) is 0 Å². The molecule has 1 N–H and O–H groups in total. The second-order valence-electron chi connectivity index (χ2n) is 4.62. The topological polar surface area (TPSA) is 49.8 Å². The van der Waals surface area contributed by atoms with Crippen LogP contribution in [0.4, 0.5) is 0 Å². The molecule has 4 heteroatoms. The highest BCUT2D eigenvalue weighted by molar-refractivity contribution is 5.66. The number of ether oxygens (including phenoxy) is 1. The van der Waals surface area contributed by atoms with Crippen molar-refractivity contribution in [1.29, 1.82) is 0 Å². The van der Waals surface area contributed by atoms with Crippen LogP contribution in [0, 0.1) is 13.8 Å². The van der Waals surface area contributed by atoms with Gasteiger partial charge in [0.2, 0.25) is 0 Å². The van der Waals surface area contributed by atoms with Gasteiger partial charge in [-0.25, -0.2) is 0 Å². The Balaban J connectivity index is 2.30. The Labute approximate surface area is 108 Å². The van der Waals surface area contributed by atoms with Crippen LogP contribution in [-0.2, 0) is 4.79 Å². The second-order valence-corrected chi connectivity index (χ2v) is 4.62. The van der Waals surface area contributed by atoms with Gasteiger partial charge in [0.05, 0.1) is 6.42 Å². The number of nitrogens with zero attached hydrogens (tertiary/aromatic N) is 1. The minimum Gasteiger partial charge on any atom is -0.492 e. The Morgan fingerprint density at radius 1 is 1.22 bits per heavy atom. The Kier molecular flexibility index (Phi) is 5.65. The molecule has 0 fully saturated rings. The Hall–Kier alpha value is -1.55. The van der Waals surface area contributed by atoms with Crippen molar-refractivity contribution in [2.24, 2.45) is 0 Å². The van der Waals surface area contributed by atoms with Gasteiger partial charge in [-0.3, -0.25) is 4.79 Å². The number of benzene rings is 1. The fourth-order valence-corrected chi connectivity index (χ4v) is 1.73. The molecule has 1 rings (SSSR count). The van der Waals surface area contributed by atoms with E-state index in [9.17, 15) is 4.79 Å². The predicted octanol–water partition coefficient (Wildman–Crippen LogP) is 2.09. The van der Waals surface area contributed by atoms with E-state index in [1.54, 1.807) is 0 Å². The van der Waals surface area contributed by atoms with Gasteiger partial charge in [-0.2, -0.15) is 0 Å². The first-order valence-electron chi connectivity index (χ1n) is 6.09. The fourth-order valence-electron chi connectivity index (χ4n) is 1.73. The molecule has 18 heavy (non-hydrogen) atoms. The normalized spacial score (nSPS) is 10.7. The van der Waals surface area contributed by atoms with Crippen molar-refractivity contribution in [2.75, 3.05) is 26.7 Å². The molecule has 100 valence electrons. The Morgan fingerprint density at radius 2 is 1.83 bits per heavy atom. The van der Waals surface area contributed by atoms with Crippen LogP contribution in [0.15, 0.2) is 18.2 Å². The minimum absolute atomic E-state index is 0.167. The third-order valence-electron chi connectivity index (χ3n) is 2.64. The monoisotopic (exact) mass is 251 g/mol. The number of aryl methyl sites for hydroxylation is 2. The Morgan fingerprint density at radius 3 is 2.39 bits per heavy atom. The number of aliphatic carboxylic acids is 1. The fraction of sp³-hybridized carbons (Fsp3) is 0.500. The summed E-state index contributed by atoms with van der Waals surface area (Å²) < 4.78 is 5.66. The molecule has 0 radical (unpaired) electrons. The maximum Gasteiger partial charge on any atom is 0.304 e. The minimum atomic E-state index is -0.767. The van der Waals surface area contributed by atoms with E-state index in [4.69, 9.17) is 9.84 Å². The lowest BCUT2D eigenvalue weighted by atomic mass is 10.1. The number of likely N-dealkylation sites (N-methyl/N-ethyl adjacent to an activating group) is 1. The van der Waals surface area contributed by atoms with E-state index in [0.29, 0.717) is 13.2 Å². The van der Waals surface area contributed by atoms with Gasteiger partial charge in [0.1, 0.15) is 12.4 Å². The molecule has 0 heterocycles. The molecule has 0 amide bonds. The highest BCUT2D eigenvalue weighted by atomic mass is 16.5. The van der Waals surface area contributed by atoms with Gasteiger partial charge in [0.15, 0.2) is 0 Å². The molecule has 0 spiro atoms. The van der Waals surface area contributed by atoms with E-state index in [0.717, 1.165) is 12.3 Å². The average Bonchev–Trinajstić information content (AvgIpc) is 2.25. The number of hydrogen-bond donors (Lipinski definition) is 1. The number of carboxylic acids is 1. The lowest BCUT2D eigenvalue weighted by Crippen LogP contribution is -2.26. The summed E-state index contributed by atoms with van der Waals surface area (Å²) in [5.74, 6) is 0.108. The van der Waals surface area contributed by atoms with E-state index >= 15 is 0 Å². The average molecular weight is 251 g/mol. The van der Waals surface area contributed by atoms with Crippen molar-refractivity contribution in [3.63, 3.8) is 0 Å². The first-order valence-corrected chi connectivity index (χ1v) is 6.09. The molecule has 1 aromatic carbocycles. The molecule has 0 aliphatic rings. The molecule has 0 atom stereocenters. The van der Waals surface area contributed by atoms with Crippen molar-refractivity contribution in [3.05, 3.63) is 29.3 Å². The quantitative estimate of drug-likeness (QED) is 0.806.